The smallest absolute Gasteiger partial charge is 0.180 e. The van der Waals surface area contributed by atoms with Gasteiger partial charge in [0.15, 0.2) is 9.84 Å². The molecule has 4 nitrogen and oxygen atoms in total. The fourth-order valence-corrected chi connectivity index (χ4v) is 2.30. The van der Waals surface area contributed by atoms with E-state index >= 15 is 0 Å². The van der Waals surface area contributed by atoms with Gasteiger partial charge in [0.25, 0.3) is 0 Å². The quantitative estimate of drug-likeness (QED) is 0.786. The molecule has 2 N–H and O–H groups in total. The highest BCUT2D eigenvalue weighted by Gasteiger charge is 2.15. The number of para-hydroxylation sites is 1. The molecule has 0 fully saturated rings. The second kappa shape index (κ2) is 5.14. The summed E-state index contributed by atoms with van der Waals surface area (Å²) in [5.74, 6) is 0.0742. The molecular weight excluding hydrogens is 214 g/mol. The molecule has 15 heavy (non-hydrogen) atoms. The van der Waals surface area contributed by atoms with E-state index in [4.69, 9.17) is 5.11 Å². The van der Waals surface area contributed by atoms with Crippen LogP contribution >= 0.6 is 0 Å². The molecule has 0 aliphatic heterocycles. The van der Waals surface area contributed by atoms with Gasteiger partial charge in [0.05, 0.1) is 22.9 Å². The number of benzene rings is 1. The second-order valence-corrected chi connectivity index (χ2v) is 5.30. The first-order valence-corrected chi connectivity index (χ1v) is 6.43. The van der Waals surface area contributed by atoms with Crippen molar-refractivity contribution in [3.05, 3.63) is 24.3 Å². The van der Waals surface area contributed by atoms with Crippen LogP contribution in [0.25, 0.3) is 0 Å². The van der Waals surface area contributed by atoms with Gasteiger partial charge in [0.1, 0.15) is 0 Å². The molecule has 0 radical (unpaired) electrons. The van der Waals surface area contributed by atoms with E-state index < -0.39 is 9.84 Å². The summed E-state index contributed by atoms with van der Waals surface area (Å²) < 4.78 is 23.4. The molecule has 1 aromatic carbocycles. The third kappa shape index (κ3) is 2.94. The molecule has 0 spiro atoms. The third-order valence-corrected chi connectivity index (χ3v) is 3.82. The van der Waals surface area contributed by atoms with Gasteiger partial charge in [-0.2, -0.15) is 0 Å². The van der Waals surface area contributed by atoms with Crippen molar-refractivity contribution in [2.24, 2.45) is 0 Å². The Morgan fingerprint density at radius 3 is 2.60 bits per heavy atom. The minimum Gasteiger partial charge on any atom is -0.395 e. The molecule has 0 aliphatic carbocycles. The average Bonchev–Trinajstić information content (AvgIpc) is 2.26. The second-order valence-electron chi connectivity index (χ2n) is 3.05. The highest BCUT2D eigenvalue weighted by molar-refractivity contribution is 7.91. The standard InChI is InChI=1S/C10H15NO3S/c1-2-15(13,14)10-6-4-3-5-9(10)11-7-8-12/h3-6,11-12H,2,7-8H2,1H3. The summed E-state index contributed by atoms with van der Waals surface area (Å²) in [6.07, 6.45) is 0. The lowest BCUT2D eigenvalue weighted by atomic mass is 10.3. The third-order valence-electron chi connectivity index (χ3n) is 2.03. The lowest BCUT2D eigenvalue weighted by molar-refractivity contribution is 0.311. The maximum Gasteiger partial charge on any atom is 0.180 e. The Kier molecular flexibility index (Phi) is 4.11. The van der Waals surface area contributed by atoms with Crippen LogP contribution in [0.1, 0.15) is 6.92 Å². The van der Waals surface area contributed by atoms with Gasteiger partial charge in [-0.3, -0.25) is 0 Å². The topological polar surface area (TPSA) is 66.4 Å². The minimum atomic E-state index is -3.20. The van der Waals surface area contributed by atoms with Crippen molar-refractivity contribution in [2.45, 2.75) is 11.8 Å². The van der Waals surface area contributed by atoms with E-state index in [0.29, 0.717) is 17.1 Å². The first-order chi connectivity index (χ1) is 7.11. The summed E-state index contributed by atoms with van der Waals surface area (Å²) in [6.45, 7) is 1.93. The first kappa shape index (κ1) is 12.0. The van der Waals surface area contributed by atoms with Crippen LogP contribution in [0.3, 0.4) is 0 Å². The van der Waals surface area contributed by atoms with Crippen molar-refractivity contribution in [2.75, 3.05) is 24.2 Å². The zero-order valence-corrected chi connectivity index (χ0v) is 9.42. The number of sulfone groups is 1. The minimum absolute atomic E-state index is 0.0273. The molecule has 5 heteroatoms. The Balaban J connectivity index is 3.07. The van der Waals surface area contributed by atoms with E-state index in [0.717, 1.165) is 0 Å². The van der Waals surface area contributed by atoms with Crippen LogP contribution < -0.4 is 5.32 Å². The summed E-state index contributed by atoms with van der Waals surface area (Å²) in [5.41, 5.74) is 0.549. The summed E-state index contributed by atoms with van der Waals surface area (Å²) in [6, 6.07) is 6.71. The largest absolute Gasteiger partial charge is 0.395 e. The van der Waals surface area contributed by atoms with Gasteiger partial charge >= 0.3 is 0 Å². The zero-order chi connectivity index (χ0) is 11.3. The molecule has 0 aromatic heterocycles. The highest BCUT2D eigenvalue weighted by Crippen LogP contribution is 2.21. The van der Waals surface area contributed by atoms with Crippen molar-refractivity contribution >= 4 is 15.5 Å². The number of aliphatic hydroxyl groups is 1. The number of aliphatic hydroxyl groups excluding tert-OH is 1. The Hall–Kier alpha value is -1.07. The van der Waals surface area contributed by atoms with Crippen molar-refractivity contribution < 1.29 is 13.5 Å². The van der Waals surface area contributed by atoms with Gasteiger partial charge < -0.3 is 10.4 Å². The van der Waals surface area contributed by atoms with Crippen molar-refractivity contribution in [1.29, 1.82) is 0 Å². The summed E-state index contributed by atoms with van der Waals surface area (Å²) in [4.78, 5) is 0.293. The van der Waals surface area contributed by atoms with Gasteiger partial charge in [-0.05, 0) is 12.1 Å². The van der Waals surface area contributed by atoms with Crippen LogP contribution in [0, 0.1) is 0 Å². The van der Waals surface area contributed by atoms with Gasteiger partial charge in [-0.25, -0.2) is 8.42 Å². The normalized spacial score (nSPS) is 11.3. The predicted molar refractivity (Wildman–Crippen MR) is 59.7 cm³/mol. The van der Waals surface area contributed by atoms with E-state index in [2.05, 4.69) is 5.32 Å². The maximum absolute atomic E-state index is 11.7. The highest BCUT2D eigenvalue weighted by atomic mass is 32.2. The molecule has 0 atom stereocenters. The lowest BCUT2D eigenvalue weighted by Crippen LogP contribution is -2.11. The van der Waals surface area contributed by atoms with Crippen LogP contribution in [0.5, 0.6) is 0 Å². The molecule has 0 saturated heterocycles. The Morgan fingerprint density at radius 2 is 2.00 bits per heavy atom. The fourth-order valence-electron chi connectivity index (χ4n) is 1.23. The average molecular weight is 229 g/mol. The van der Waals surface area contributed by atoms with Crippen LogP contribution in [-0.2, 0) is 9.84 Å². The Labute approximate surface area is 89.9 Å². The Morgan fingerprint density at radius 1 is 1.33 bits per heavy atom. The number of nitrogens with one attached hydrogen (secondary N) is 1. The molecular formula is C10H15NO3S. The monoisotopic (exact) mass is 229 g/mol. The van der Waals surface area contributed by atoms with E-state index in [1.165, 1.54) is 0 Å². The van der Waals surface area contributed by atoms with Crippen LogP contribution in [0.4, 0.5) is 5.69 Å². The number of anilines is 1. The maximum atomic E-state index is 11.7. The van der Waals surface area contributed by atoms with Crippen LogP contribution in [0.15, 0.2) is 29.2 Å². The number of hydrogen-bond acceptors (Lipinski definition) is 4. The Bertz CT molecular complexity index is 414. The van der Waals surface area contributed by atoms with Crippen LogP contribution in [0.2, 0.25) is 0 Å². The molecule has 0 bridgehead atoms. The SMILES string of the molecule is CCS(=O)(=O)c1ccccc1NCCO. The predicted octanol–water partition coefficient (Wildman–Crippen LogP) is 0.884. The summed E-state index contributed by atoms with van der Waals surface area (Å²) >= 11 is 0. The van der Waals surface area contributed by atoms with E-state index in [1.807, 2.05) is 0 Å². The van der Waals surface area contributed by atoms with Gasteiger partial charge in [0.2, 0.25) is 0 Å². The van der Waals surface area contributed by atoms with Gasteiger partial charge in [-0.1, -0.05) is 19.1 Å². The van der Waals surface area contributed by atoms with E-state index in [1.54, 1.807) is 31.2 Å². The zero-order valence-electron chi connectivity index (χ0n) is 8.60. The van der Waals surface area contributed by atoms with Crippen molar-refractivity contribution in [1.82, 2.24) is 0 Å². The van der Waals surface area contributed by atoms with E-state index in [-0.39, 0.29) is 12.4 Å². The van der Waals surface area contributed by atoms with Crippen molar-refractivity contribution in [3.8, 4) is 0 Å². The van der Waals surface area contributed by atoms with Gasteiger partial charge in [0, 0.05) is 6.54 Å². The first-order valence-electron chi connectivity index (χ1n) is 4.78. The van der Waals surface area contributed by atoms with Gasteiger partial charge in [-0.15, -0.1) is 0 Å². The summed E-state index contributed by atoms with van der Waals surface area (Å²) in [7, 11) is -3.20. The molecule has 1 rings (SSSR count). The molecule has 0 amide bonds. The summed E-state index contributed by atoms with van der Waals surface area (Å²) in [5, 5.41) is 11.5. The van der Waals surface area contributed by atoms with E-state index in [9.17, 15) is 8.42 Å². The molecule has 1 aromatic rings. The molecule has 0 unspecified atom stereocenters. The lowest BCUT2D eigenvalue weighted by Gasteiger charge is -2.10. The molecule has 0 saturated carbocycles. The molecule has 84 valence electrons. The number of rotatable bonds is 5. The van der Waals surface area contributed by atoms with Crippen LogP contribution in [-0.4, -0.2) is 32.4 Å². The molecule has 0 heterocycles. The molecule has 0 aliphatic rings. The van der Waals surface area contributed by atoms with Crippen molar-refractivity contribution in [3.63, 3.8) is 0 Å². The fraction of sp³-hybridized carbons (Fsp3) is 0.400. The number of hydrogen-bond donors (Lipinski definition) is 2.